The minimum Gasteiger partial charge on any atom is -0.495 e. The summed E-state index contributed by atoms with van der Waals surface area (Å²) in [5.41, 5.74) is 15.7. The van der Waals surface area contributed by atoms with Gasteiger partial charge >= 0.3 is 0 Å². The van der Waals surface area contributed by atoms with Gasteiger partial charge in [-0.15, -0.1) is 34.0 Å². The number of benzene rings is 5. The third-order valence-corrected chi connectivity index (χ3v) is 19.4. The van der Waals surface area contributed by atoms with Crippen LogP contribution in [-0.4, -0.2) is 148 Å². The maximum absolute atomic E-state index is 11.7. The lowest BCUT2D eigenvalue weighted by Crippen LogP contribution is -2.48. The summed E-state index contributed by atoms with van der Waals surface area (Å²) in [4.78, 5) is 66.1. The highest BCUT2D eigenvalue weighted by atomic mass is 32.1. The molecule has 4 N–H and O–H groups in total. The van der Waals surface area contributed by atoms with E-state index in [-0.39, 0.29) is 59.7 Å². The Morgan fingerprint density at radius 3 is 1.28 bits per heavy atom. The minimum absolute atomic E-state index is 0.0195. The Morgan fingerprint density at radius 2 is 0.895 bits per heavy atom. The van der Waals surface area contributed by atoms with Crippen LogP contribution >= 0.6 is 34.0 Å². The largest absolute Gasteiger partial charge is 0.495 e. The molecule has 13 rings (SSSR count). The van der Waals surface area contributed by atoms with Crippen LogP contribution in [0.15, 0.2) is 89.3 Å². The van der Waals surface area contributed by atoms with Crippen LogP contribution in [0, 0.1) is 24.7 Å². The number of thiazole rings is 3. The topological polar surface area (TPSA) is 211 Å². The van der Waals surface area contributed by atoms with Crippen LogP contribution in [-0.2, 0) is 19.2 Å². The average Bonchev–Trinajstić information content (AvgIpc) is 4.53. The number of amides is 4. The molecule has 86 heavy (non-hydrogen) atoms. The fourth-order valence-corrected chi connectivity index (χ4v) is 13.9. The molecule has 0 saturated carbocycles. The fourth-order valence-electron chi connectivity index (χ4n) is 11.7. The third-order valence-electron chi connectivity index (χ3n) is 16.8. The first kappa shape index (κ1) is 59.9. The lowest BCUT2D eigenvalue weighted by Gasteiger charge is -2.36. The first-order valence-corrected chi connectivity index (χ1v) is 32.0. The van der Waals surface area contributed by atoms with Gasteiger partial charge in [0.15, 0.2) is 0 Å². The molecule has 0 spiro atoms. The second-order valence-corrected chi connectivity index (χ2v) is 25.2. The molecule has 6 atom stereocenters. The van der Waals surface area contributed by atoms with Crippen molar-refractivity contribution in [3.63, 3.8) is 0 Å². The van der Waals surface area contributed by atoms with Gasteiger partial charge in [0.1, 0.15) is 47.1 Å². The van der Waals surface area contributed by atoms with Gasteiger partial charge in [0, 0.05) is 116 Å². The van der Waals surface area contributed by atoms with E-state index in [4.69, 9.17) is 23.7 Å². The molecule has 5 fully saturated rings. The van der Waals surface area contributed by atoms with Crippen LogP contribution in [0.1, 0.15) is 52.5 Å². The van der Waals surface area contributed by atoms with Crippen LogP contribution < -0.4 is 54.8 Å². The molecular weight excluding hydrogens is 1150 g/mol. The van der Waals surface area contributed by atoms with E-state index in [2.05, 4.69) is 107 Å². The molecule has 5 aliphatic rings. The Kier molecular flexibility index (Phi) is 18.7. The van der Waals surface area contributed by atoms with Crippen molar-refractivity contribution in [3.05, 3.63) is 94.9 Å². The standard InChI is InChI=1S/C26H30N4O4S.C24H28N4O3S.C14H16N2O2S/c1-16(20-13-25(32)27-14-20)34-24-12-19(10-21-26(24)35-15-28-21)18-4-5-22(23(11-18)33-3)30-8-6-29(7-9-30)17(2)31;1-15(18-12-23(29)26-13-18)31-22-11-17(9-19-24(22)32-14-27-19)16-3-4-20(21(10-16)30-2)28-7-5-25-6-8-28;1-8-3-11-14(19-7-16-11)12(4-8)18-9(2)10-5-13(17)15-6-10/h4-5,10-12,15-16,20H,6-9,13-14H2,1-3H3,(H,27,32);3-4,9-11,14-15,18,25H,5-8,12-13H2,1-2H3,(H,26,29);3-4,7,9-10H,5-6H2,1-2H3,(H,15,17)/t16-,20-;15-,18-;9-,10-/m111/s1. The van der Waals surface area contributed by atoms with Crippen molar-refractivity contribution in [2.45, 2.75) is 72.2 Å². The van der Waals surface area contributed by atoms with Crippen LogP contribution in [0.4, 0.5) is 11.4 Å². The van der Waals surface area contributed by atoms with E-state index in [1.807, 2.05) is 61.3 Å². The molecule has 22 heteroatoms. The van der Waals surface area contributed by atoms with E-state index in [0.717, 1.165) is 138 Å². The Morgan fingerprint density at radius 1 is 0.512 bits per heavy atom. The number of piperazine rings is 2. The SMILES string of the molecule is COc1cc(-c2cc(O[C@H](C)[C@H]3CNC(=O)C3)c3scnc3c2)ccc1N1CCN(C(C)=O)CC1.COc1cc(-c2cc(O[C@H](C)[C@H]3CNC(=O)C3)c3scnc3c2)ccc1N1CCNCC1.Cc1cc(O[C@H](C)[C@H]2CNC(=O)C2)c2scnc2c1. The number of methoxy groups -OCH3 is 2. The summed E-state index contributed by atoms with van der Waals surface area (Å²) in [6.07, 6.45) is 1.41. The van der Waals surface area contributed by atoms with Gasteiger partial charge in [-0.1, -0.05) is 12.1 Å². The van der Waals surface area contributed by atoms with Crippen molar-refractivity contribution in [2.75, 3.05) is 96.0 Å². The number of aromatic nitrogens is 3. The number of anilines is 2. The summed E-state index contributed by atoms with van der Waals surface area (Å²) < 4.78 is 33.5. The van der Waals surface area contributed by atoms with Crippen molar-refractivity contribution >= 4 is 99.7 Å². The first-order valence-electron chi connectivity index (χ1n) is 29.4. The van der Waals surface area contributed by atoms with Gasteiger partial charge in [-0.3, -0.25) is 19.2 Å². The number of rotatable bonds is 15. The summed E-state index contributed by atoms with van der Waals surface area (Å²) in [5.74, 6) is 5.13. The van der Waals surface area contributed by atoms with Crippen molar-refractivity contribution in [1.82, 2.24) is 41.1 Å². The number of nitrogens with zero attached hydrogens (tertiary/aromatic N) is 6. The number of ether oxygens (including phenoxy) is 5. The van der Waals surface area contributed by atoms with Crippen LogP contribution in [0.5, 0.6) is 28.7 Å². The van der Waals surface area contributed by atoms with Gasteiger partial charge in [-0.2, -0.15) is 0 Å². The highest BCUT2D eigenvalue weighted by Crippen LogP contribution is 2.42. The molecule has 452 valence electrons. The smallest absolute Gasteiger partial charge is 0.220 e. The van der Waals surface area contributed by atoms with Gasteiger partial charge in [0.05, 0.1) is 72.8 Å². The molecule has 8 aromatic rings. The fraction of sp³-hybridized carbons (Fsp3) is 0.422. The second-order valence-electron chi connectivity index (χ2n) is 22.6. The minimum atomic E-state index is -0.0971. The number of fused-ring (bicyclic) bond motifs is 3. The van der Waals surface area contributed by atoms with E-state index < -0.39 is 0 Å². The third kappa shape index (κ3) is 13.7. The van der Waals surface area contributed by atoms with E-state index in [1.54, 1.807) is 55.2 Å². The normalized spacial score (nSPS) is 19.6. The van der Waals surface area contributed by atoms with E-state index in [9.17, 15) is 19.2 Å². The van der Waals surface area contributed by atoms with Crippen molar-refractivity contribution < 1.29 is 42.9 Å². The Labute approximate surface area is 512 Å². The van der Waals surface area contributed by atoms with E-state index in [1.165, 1.54) is 0 Å². The number of hydrogen-bond acceptors (Lipinski definition) is 18. The molecule has 3 aromatic heterocycles. The number of carbonyl (C=O) groups is 4. The predicted molar refractivity (Wildman–Crippen MR) is 341 cm³/mol. The zero-order chi connectivity index (χ0) is 60.0. The number of carbonyl (C=O) groups excluding carboxylic acids is 4. The molecule has 5 aliphatic heterocycles. The van der Waals surface area contributed by atoms with Crippen molar-refractivity contribution in [3.8, 4) is 51.0 Å². The van der Waals surface area contributed by atoms with Crippen LogP contribution in [0.3, 0.4) is 0 Å². The second kappa shape index (κ2) is 26.9. The zero-order valence-corrected chi connectivity index (χ0v) is 52.1. The summed E-state index contributed by atoms with van der Waals surface area (Å²) in [7, 11) is 3.41. The highest BCUT2D eigenvalue weighted by molar-refractivity contribution is 7.17. The molecule has 4 amide bonds. The van der Waals surface area contributed by atoms with Crippen LogP contribution in [0.2, 0.25) is 0 Å². The quantitative estimate of drug-likeness (QED) is 0.0754. The van der Waals surface area contributed by atoms with E-state index in [0.29, 0.717) is 52.0 Å². The summed E-state index contributed by atoms with van der Waals surface area (Å²) >= 11 is 4.72. The van der Waals surface area contributed by atoms with Gasteiger partial charge in [0.25, 0.3) is 0 Å². The molecule has 8 heterocycles. The molecule has 19 nitrogen and oxygen atoms in total. The average molecular weight is 1220 g/mol. The molecule has 0 radical (unpaired) electrons. The van der Waals surface area contributed by atoms with Gasteiger partial charge in [0.2, 0.25) is 23.6 Å². The summed E-state index contributed by atoms with van der Waals surface area (Å²) in [5, 5.41) is 12.0. The number of nitrogens with one attached hydrogen (secondary N) is 4. The molecule has 0 unspecified atom stereocenters. The lowest BCUT2D eigenvalue weighted by atomic mass is 10.0. The Hall–Kier alpha value is -7.79. The zero-order valence-electron chi connectivity index (χ0n) is 49.6. The van der Waals surface area contributed by atoms with Crippen molar-refractivity contribution in [2.24, 2.45) is 17.8 Å². The van der Waals surface area contributed by atoms with Gasteiger partial charge in [-0.25, -0.2) is 15.0 Å². The van der Waals surface area contributed by atoms with E-state index >= 15 is 0 Å². The summed E-state index contributed by atoms with van der Waals surface area (Å²) in [6.45, 7) is 18.6. The molecule has 0 bridgehead atoms. The number of aryl methyl sites for hydroxylation is 1. The molecule has 5 saturated heterocycles. The van der Waals surface area contributed by atoms with Crippen LogP contribution in [0.25, 0.3) is 52.9 Å². The maximum atomic E-state index is 11.7. The lowest BCUT2D eigenvalue weighted by molar-refractivity contribution is -0.129. The monoisotopic (exact) mass is 1220 g/mol. The summed E-state index contributed by atoms with van der Waals surface area (Å²) in [6, 6.07) is 25.0. The predicted octanol–water partition coefficient (Wildman–Crippen LogP) is 9.34. The maximum Gasteiger partial charge on any atom is 0.220 e. The first-order chi connectivity index (χ1) is 41.7. The highest BCUT2D eigenvalue weighted by Gasteiger charge is 2.32. The molecule has 5 aromatic carbocycles. The number of hydrogen-bond donors (Lipinski definition) is 4. The Balaban J connectivity index is 0.000000140. The molecular formula is C64H74N10O9S3. The van der Waals surface area contributed by atoms with Gasteiger partial charge in [-0.05, 0) is 116 Å². The van der Waals surface area contributed by atoms with Gasteiger partial charge < -0.3 is 59.7 Å². The van der Waals surface area contributed by atoms with Crippen molar-refractivity contribution in [1.29, 1.82) is 0 Å². The molecule has 0 aliphatic carbocycles. The Bertz CT molecular complexity index is 3740.